The van der Waals surface area contributed by atoms with E-state index < -0.39 is 0 Å². The lowest BCUT2D eigenvalue weighted by Crippen LogP contribution is -2.49. The van der Waals surface area contributed by atoms with E-state index in [9.17, 15) is 4.79 Å². The minimum atomic E-state index is 0.00375. The number of piperazine rings is 1. The monoisotopic (exact) mass is 413 g/mol. The molecule has 29 heavy (non-hydrogen) atoms. The number of hydrogen-bond donors (Lipinski definition) is 0. The second-order valence-corrected chi connectivity index (χ2v) is 7.03. The normalized spacial score (nSPS) is 14.1. The Bertz CT molecular complexity index is 984. The van der Waals surface area contributed by atoms with E-state index in [2.05, 4.69) is 20.0 Å². The molecular weight excluding hydrogens is 394 g/mol. The average molecular weight is 414 g/mol. The van der Waals surface area contributed by atoms with E-state index in [4.69, 9.17) is 20.9 Å². The number of anilines is 1. The van der Waals surface area contributed by atoms with Crippen LogP contribution >= 0.6 is 11.6 Å². The number of rotatable bonds is 5. The molecule has 0 atom stereocenters. The number of ether oxygens (including phenoxy) is 1. The van der Waals surface area contributed by atoms with E-state index in [0.717, 1.165) is 5.82 Å². The SMILES string of the molecule is Cc1nc(COc2ccc(C(=O)N3CCN(c4cccc(Cl)n4)CC3)cc2)no1. The number of aromatic nitrogens is 3. The molecule has 1 fully saturated rings. The van der Waals surface area contributed by atoms with Crippen LogP contribution in [0.15, 0.2) is 47.0 Å². The fraction of sp³-hybridized carbons (Fsp3) is 0.300. The molecule has 3 aromatic rings. The predicted octanol–water partition coefficient (Wildman–Crippen LogP) is 2.97. The summed E-state index contributed by atoms with van der Waals surface area (Å²) in [5, 5.41) is 4.25. The number of pyridine rings is 1. The molecule has 1 saturated heterocycles. The van der Waals surface area contributed by atoms with Crippen molar-refractivity contribution >= 4 is 23.3 Å². The molecule has 4 rings (SSSR count). The Morgan fingerprint density at radius 1 is 1.10 bits per heavy atom. The highest BCUT2D eigenvalue weighted by Crippen LogP contribution is 2.19. The maximum atomic E-state index is 12.8. The Labute approximate surface area is 173 Å². The Kier molecular flexibility index (Phi) is 5.62. The Balaban J connectivity index is 1.31. The van der Waals surface area contributed by atoms with Crippen LogP contribution in [-0.2, 0) is 6.61 Å². The van der Waals surface area contributed by atoms with Gasteiger partial charge < -0.3 is 19.1 Å². The second-order valence-electron chi connectivity index (χ2n) is 6.64. The molecule has 0 bridgehead atoms. The van der Waals surface area contributed by atoms with Crippen molar-refractivity contribution in [1.29, 1.82) is 0 Å². The summed E-state index contributed by atoms with van der Waals surface area (Å²) in [7, 11) is 0. The number of hydrogen-bond acceptors (Lipinski definition) is 7. The van der Waals surface area contributed by atoms with Gasteiger partial charge in [-0.25, -0.2) is 4.98 Å². The first-order chi connectivity index (χ1) is 14.1. The smallest absolute Gasteiger partial charge is 0.253 e. The third kappa shape index (κ3) is 4.65. The molecule has 0 unspecified atom stereocenters. The van der Waals surface area contributed by atoms with Crippen LogP contribution < -0.4 is 9.64 Å². The molecule has 1 amide bonds. The zero-order valence-electron chi connectivity index (χ0n) is 15.9. The van der Waals surface area contributed by atoms with Gasteiger partial charge in [0, 0.05) is 38.7 Å². The number of carbonyl (C=O) groups excluding carboxylic acids is 1. The molecule has 3 heterocycles. The average Bonchev–Trinajstić information content (AvgIpc) is 3.17. The van der Waals surface area contributed by atoms with Crippen molar-refractivity contribution in [2.24, 2.45) is 0 Å². The number of nitrogens with zero attached hydrogens (tertiary/aromatic N) is 5. The largest absolute Gasteiger partial charge is 0.485 e. The van der Waals surface area contributed by atoms with Gasteiger partial charge in [-0.05, 0) is 36.4 Å². The highest BCUT2D eigenvalue weighted by atomic mass is 35.5. The van der Waals surface area contributed by atoms with Gasteiger partial charge in [0.2, 0.25) is 11.7 Å². The summed E-state index contributed by atoms with van der Waals surface area (Å²) in [6.07, 6.45) is 0. The summed E-state index contributed by atoms with van der Waals surface area (Å²) in [5.41, 5.74) is 0.627. The Hall–Kier alpha value is -3.13. The topological polar surface area (TPSA) is 84.6 Å². The summed E-state index contributed by atoms with van der Waals surface area (Å²) in [6.45, 7) is 4.62. The minimum Gasteiger partial charge on any atom is -0.485 e. The van der Waals surface area contributed by atoms with Crippen molar-refractivity contribution in [2.75, 3.05) is 31.1 Å². The van der Waals surface area contributed by atoms with Gasteiger partial charge in [0.05, 0.1) is 0 Å². The highest BCUT2D eigenvalue weighted by molar-refractivity contribution is 6.29. The number of halogens is 1. The van der Waals surface area contributed by atoms with E-state index in [-0.39, 0.29) is 12.5 Å². The van der Waals surface area contributed by atoms with Crippen LogP contribution in [0.25, 0.3) is 0 Å². The maximum Gasteiger partial charge on any atom is 0.253 e. The molecule has 0 radical (unpaired) electrons. The molecule has 1 aliphatic rings. The maximum absolute atomic E-state index is 12.8. The number of amides is 1. The van der Waals surface area contributed by atoms with Crippen LogP contribution in [0.2, 0.25) is 5.15 Å². The zero-order valence-corrected chi connectivity index (χ0v) is 16.7. The number of benzene rings is 1. The molecule has 8 nitrogen and oxygen atoms in total. The van der Waals surface area contributed by atoms with E-state index >= 15 is 0 Å². The van der Waals surface area contributed by atoms with E-state index in [1.54, 1.807) is 37.3 Å². The van der Waals surface area contributed by atoms with Gasteiger partial charge in [-0.1, -0.05) is 22.8 Å². The molecule has 0 saturated carbocycles. The van der Waals surface area contributed by atoms with E-state index in [1.165, 1.54) is 0 Å². The molecule has 150 valence electrons. The van der Waals surface area contributed by atoms with Crippen LogP contribution in [-0.4, -0.2) is 52.1 Å². The molecule has 0 N–H and O–H groups in total. The lowest BCUT2D eigenvalue weighted by atomic mass is 10.1. The lowest BCUT2D eigenvalue weighted by Gasteiger charge is -2.35. The van der Waals surface area contributed by atoms with Gasteiger partial charge in [-0.2, -0.15) is 4.98 Å². The van der Waals surface area contributed by atoms with Crippen molar-refractivity contribution in [3.63, 3.8) is 0 Å². The van der Waals surface area contributed by atoms with Gasteiger partial charge in [-0.3, -0.25) is 4.79 Å². The highest BCUT2D eigenvalue weighted by Gasteiger charge is 2.23. The minimum absolute atomic E-state index is 0.00375. The third-order valence-corrected chi connectivity index (χ3v) is 4.84. The first kappa shape index (κ1) is 19.2. The van der Waals surface area contributed by atoms with Crippen LogP contribution in [0.5, 0.6) is 5.75 Å². The van der Waals surface area contributed by atoms with Crippen molar-refractivity contribution in [1.82, 2.24) is 20.0 Å². The van der Waals surface area contributed by atoms with Gasteiger partial charge in [0.15, 0.2) is 6.61 Å². The third-order valence-electron chi connectivity index (χ3n) is 4.63. The zero-order chi connectivity index (χ0) is 20.2. The van der Waals surface area contributed by atoms with Crippen molar-refractivity contribution in [2.45, 2.75) is 13.5 Å². The first-order valence-electron chi connectivity index (χ1n) is 9.27. The Morgan fingerprint density at radius 3 is 2.52 bits per heavy atom. The summed E-state index contributed by atoms with van der Waals surface area (Å²) >= 11 is 5.97. The summed E-state index contributed by atoms with van der Waals surface area (Å²) in [6, 6.07) is 12.6. The van der Waals surface area contributed by atoms with Crippen LogP contribution in [0.3, 0.4) is 0 Å². The summed E-state index contributed by atoms with van der Waals surface area (Å²) in [4.78, 5) is 25.2. The van der Waals surface area contributed by atoms with Crippen molar-refractivity contribution in [3.05, 3.63) is 64.9 Å². The van der Waals surface area contributed by atoms with Gasteiger partial charge in [0.25, 0.3) is 5.91 Å². The summed E-state index contributed by atoms with van der Waals surface area (Å²) < 4.78 is 10.5. The molecular formula is C20H20ClN5O3. The van der Waals surface area contributed by atoms with Gasteiger partial charge in [-0.15, -0.1) is 0 Å². The quantitative estimate of drug-likeness (QED) is 0.594. The van der Waals surface area contributed by atoms with Crippen molar-refractivity contribution in [3.8, 4) is 5.75 Å². The standard InChI is InChI=1S/C20H20ClN5O3/c1-14-22-18(24-29-14)13-28-16-7-5-15(6-8-16)20(27)26-11-9-25(10-12-26)19-4-2-3-17(21)23-19/h2-8H,9-13H2,1H3. The second kappa shape index (κ2) is 8.48. The summed E-state index contributed by atoms with van der Waals surface area (Å²) in [5.74, 6) is 2.46. The molecule has 1 aromatic carbocycles. The lowest BCUT2D eigenvalue weighted by molar-refractivity contribution is 0.0746. The van der Waals surface area contributed by atoms with E-state index in [0.29, 0.717) is 54.4 Å². The van der Waals surface area contributed by atoms with Crippen molar-refractivity contribution < 1.29 is 14.1 Å². The number of aryl methyl sites for hydroxylation is 1. The fourth-order valence-corrected chi connectivity index (χ4v) is 3.30. The first-order valence-corrected chi connectivity index (χ1v) is 9.65. The van der Waals surface area contributed by atoms with Gasteiger partial charge >= 0.3 is 0 Å². The molecule has 9 heteroatoms. The van der Waals surface area contributed by atoms with E-state index in [1.807, 2.05) is 17.0 Å². The fourth-order valence-electron chi connectivity index (χ4n) is 3.14. The molecule has 0 spiro atoms. The number of carbonyl (C=O) groups is 1. The van der Waals surface area contributed by atoms with Crippen LogP contribution in [0.1, 0.15) is 22.1 Å². The molecule has 2 aromatic heterocycles. The molecule has 1 aliphatic heterocycles. The van der Waals surface area contributed by atoms with Crippen LogP contribution in [0.4, 0.5) is 5.82 Å². The predicted molar refractivity (Wildman–Crippen MR) is 107 cm³/mol. The van der Waals surface area contributed by atoms with Gasteiger partial charge in [0.1, 0.15) is 16.7 Å². The van der Waals surface area contributed by atoms with Crippen LogP contribution in [0, 0.1) is 6.92 Å². The molecule has 0 aliphatic carbocycles. The Morgan fingerprint density at radius 2 is 1.86 bits per heavy atom.